The van der Waals surface area contributed by atoms with Crippen molar-refractivity contribution in [1.29, 1.82) is 0 Å². The molecule has 0 fully saturated rings. The second kappa shape index (κ2) is 6.97. The van der Waals surface area contributed by atoms with Gasteiger partial charge >= 0.3 is 12.1 Å². The molecule has 0 saturated carbocycles. The molecule has 0 atom stereocenters. The monoisotopic (exact) mass is 419 g/mol. The molecule has 10 heteroatoms. The summed E-state index contributed by atoms with van der Waals surface area (Å²) in [5.74, 6) is -2.84. The molecule has 154 valence electrons. The Bertz CT molecular complexity index is 1270. The van der Waals surface area contributed by atoms with Gasteiger partial charge in [0.15, 0.2) is 0 Å². The maximum atomic E-state index is 14.3. The molecule has 0 aliphatic rings. The Kier molecular flexibility index (Phi) is 4.56. The first-order valence-electron chi connectivity index (χ1n) is 8.60. The third-order valence-electron chi connectivity index (χ3n) is 4.55. The molecule has 0 radical (unpaired) electrons. The van der Waals surface area contributed by atoms with Gasteiger partial charge in [-0.1, -0.05) is 17.3 Å². The van der Waals surface area contributed by atoms with Crippen molar-refractivity contribution < 1.29 is 31.6 Å². The Morgan fingerprint density at radius 1 is 1.17 bits per heavy atom. The number of halogens is 4. The first kappa shape index (κ1) is 19.6. The first-order valence-corrected chi connectivity index (χ1v) is 8.60. The summed E-state index contributed by atoms with van der Waals surface area (Å²) < 4.78 is 63.0. The average Bonchev–Trinajstić information content (AvgIpc) is 3.33. The number of aromatic nitrogens is 3. The fraction of sp³-hybridized carbons (Fsp3) is 0.150. The van der Waals surface area contributed by atoms with Crippen LogP contribution >= 0.6 is 0 Å². The van der Waals surface area contributed by atoms with Crippen LogP contribution < -0.4 is 4.74 Å². The highest BCUT2D eigenvalue weighted by Gasteiger charge is 2.38. The third-order valence-corrected chi connectivity index (χ3v) is 4.55. The number of benzene rings is 2. The summed E-state index contributed by atoms with van der Waals surface area (Å²) in [6, 6.07) is 8.36. The molecule has 0 bridgehead atoms. The molecule has 2 aromatic carbocycles. The first-order chi connectivity index (χ1) is 14.2. The van der Waals surface area contributed by atoms with Crippen LogP contribution in [0.5, 0.6) is 5.75 Å². The lowest BCUT2D eigenvalue weighted by atomic mass is 10.1. The highest BCUT2D eigenvalue weighted by atomic mass is 19.4. The number of hydrogen-bond acceptors (Lipinski definition) is 5. The average molecular weight is 419 g/mol. The van der Waals surface area contributed by atoms with Crippen LogP contribution in [0.25, 0.3) is 22.3 Å². The van der Waals surface area contributed by atoms with Crippen LogP contribution in [0.4, 0.5) is 17.6 Å². The van der Waals surface area contributed by atoms with Crippen molar-refractivity contribution in [1.82, 2.24) is 14.7 Å². The standard InChI is InChI=1S/C20H13F4N3O3/c1-10-9-27(18(28)14-8-12(29-2)4-6-15(14)21)16-7-11(3-5-13(10)16)17-25-19(30-26-17)20(22,23)24/h3-9H,1-2H3. The predicted octanol–water partition coefficient (Wildman–Crippen LogP) is 4.85. The Hall–Kier alpha value is -3.69. The molecular formula is C20H13F4N3O3. The number of methoxy groups -OCH3 is 1. The van der Waals surface area contributed by atoms with E-state index in [1.165, 1.54) is 42.1 Å². The van der Waals surface area contributed by atoms with Gasteiger partial charge in [0.05, 0.1) is 18.2 Å². The number of fused-ring (bicyclic) bond motifs is 1. The largest absolute Gasteiger partial charge is 0.497 e. The normalized spacial score (nSPS) is 11.8. The van der Waals surface area contributed by atoms with Crippen molar-refractivity contribution in [2.24, 2.45) is 0 Å². The summed E-state index contributed by atoms with van der Waals surface area (Å²) in [6.07, 6.45) is -3.25. The summed E-state index contributed by atoms with van der Waals surface area (Å²) in [7, 11) is 1.39. The number of carbonyl (C=O) groups excluding carboxylic acids is 1. The van der Waals surface area contributed by atoms with Crippen molar-refractivity contribution in [2.45, 2.75) is 13.1 Å². The Morgan fingerprint density at radius 3 is 2.60 bits per heavy atom. The molecule has 0 unspecified atom stereocenters. The molecule has 0 saturated heterocycles. The molecule has 6 nitrogen and oxygen atoms in total. The van der Waals surface area contributed by atoms with Gasteiger partial charge in [-0.3, -0.25) is 9.36 Å². The number of alkyl halides is 3. The van der Waals surface area contributed by atoms with Gasteiger partial charge in [-0.2, -0.15) is 18.2 Å². The number of aryl methyl sites for hydroxylation is 1. The van der Waals surface area contributed by atoms with Crippen LogP contribution in [0.15, 0.2) is 47.1 Å². The quantitative estimate of drug-likeness (QED) is 0.444. The molecular weight excluding hydrogens is 406 g/mol. The van der Waals surface area contributed by atoms with E-state index in [0.717, 1.165) is 11.6 Å². The van der Waals surface area contributed by atoms with E-state index in [9.17, 15) is 22.4 Å². The van der Waals surface area contributed by atoms with Crippen LogP contribution in [-0.2, 0) is 6.18 Å². The zero-order valence-electron chi connectivity index (χ0n) is 15.6. The predicted molar refractivity (Wildman–Crippen MR) is 97.6 cm³/mol. The minimum absolute atomic E-state index is 0.208. The molecule has 30 heavy (non-hydrogen) atoms. The number of carbonyl (C=O) groups is 1. The maximum absolute atomic E-state index is 14.3. The van der Waals surface area contributed by atoms with Crippen LogP contribution in [-0.4, -0.2) is 27.7 Å². The molecule has 0 aliphatic heterocycles. The van der Waals surface area contributed by atoms with Gasteiger partial charge in [0.25, 0.3) is 5.91 Å². The zero-order valence-corrected chi connectivity index (χ0v) is 15.6. The third kappa shape index (κ3) is 3.30. The van der Waals surface area contributed by atoms with Crippen molar-refractivity contribution in [2.75, 3.05) is 7.11 Å². The molecule has 0 spiro atoms. The fourth-order valence-electron chi connectivity index (χ4n) is 3.09. The van der Waals surface area contributed by atoms with E-state index in [1.807, 2.05) is 0 Å². The van der Waals surface area contributed by atoms with Crippen molar-refractivity contribution in [3.05, 3.63) is 65.4 Å². The van der Waals surface area contributed by atoms with Gasteiger partial charge in [-0.25, -0.2) is 4.39 Å². The Balaban J connectivity index is 1.83. The van der Waals surface area contributed by atoms with E-state index in [4.69, 9.17) is 4.74 Å². The summed E-state index contributed by atoms with van der Waals surface area (Å²) >= 11 is 0. The molecule has 2 aromatic heterocycles. The molecule has 0 N–H and O–H groups in total. The summed E-state index contributed by atoms with van der Waals surface area (Å²) in [5.41, 5.74) is 1.07. The van der Waals surface area contributed by atoms with E-state index in [-0.39, 0.29) is 17.0 Å². The van der Waals surface area contributed by atoms with Crippen LogP contribution in [0, 0.1) is 12.7 Å². The zero-order chi connectivity index (χ0) is 21.6. The van der Waals surface area contributed by atoms with Crippen molar-refractivity contribution >= 4 is 16.8 Å². The lowest BCUT2D eigenvalue weighted by Gasteiger charge is -2.08. The highest BCUT2D eigenvalue weighted by Crippen LogP contribution is 2.31. The smallest absolute Gasteiger partial charge is 0.471 e. The second-order valence-electron chi connectivity index (χ2n) is 6.49. The summed E-state index contributed by atoms with van der Waals surface area (Å²) in [4.78, 5) is 16.4. The molecule has 0 aliphatic carbocycles. The number of ether oxygens (including phenoxy) is 1. The highest BCUT2D eigenvalue weighted by molar-refractivity contribution is 6.04. The summed E-state index contributed by atoms with van der Waals surface area (Å²) in [5, 5.41) is 4.02. The SMILES string of the molecule is COc1ccc(F)c(C(=O)n2cc(C)c3ccc(-c4noc(C(F)(F)F)n4)cc32)c1. The molecule has 0 amide bonds. The van der Waals surface area contributed by atoms with Crippen LogP contribution in [0.3, 0.4) is 0 Å². The Morgan fingerprint density at radius 2 is 1.93 bits per heavy atom. The second-order valence-corrected chi connectivity index (χ2v) is 6.49. The van der Waals surface area contributed by atoms with E-state index < -0.39 is 23.8 Å². The maximum Gasteiger partial charge on any atom is 0.471 e. The minimum Gasteiger partial charge on any atom is -0.497 e. The van der Waals surface area contributed by atoms with Gasteiger partial charge in [0, 0.05) is 17.1 Å². The van der Waals surface area contributed by atoms with Gasteiger partial charge in [-0.05, 0) is 36.8 Å². The van der Waals surface area contributed by atoms with E-state index in [1.54, 1.807) is 13.0 Å². The Labute approximate surface area is 166 Å². The van der Waals surface area contributed by atoms with E-state index in [2.05, 4.69) is 14.7 Å². The van der Waals surface area contributed by atoms with Gasteiger partial charge in [-0.15, -0.1) is 0 Å². The summed E-state index contributed by atoms with van der Waals surface area (Å²) in [6.45, 7) is 1.75. The number of hydrogen-bond donors (Lipinski definition) is 0. The van der Waals surface area contributed by atoms with Crippen molar-refractivity contribution in [3.63, 3.8) is 0 Å². The van der Waals surface area contributed by atoms with Gasteiger partial charge < -0.3 is 9.26 Å². The van der Waals surface area contributed by atoms with E-state index in [0.29, 0.717) is 16.7 Å². The lowest BCUT2D eigenvalue weighted by molar-refractivity contribution is -0.159. The van der Waals surface area contributed by atoms with E-state index >= 15 is 0 Å². The van der Waals surface area contributed by atoms with Crippen LogP contribution in [0.2, 0.25) is 0 Å². The molecule has 4 aromatic rings. The molecule has 4 rings (SSSR count). The number of rotatable bonds is 3. The molecule has 2 heterocycles. The van der Waals surface area contributed by atoms with Gasteiger partial charge in [0.1, 0.15) is 11.6 Å². The lowest BCUT2D eigenvalue weighted by Crippen LogP contribution is -2.13. The fourth-order valence-corrected chi connectivity index (χ4v) is 3.09. The minimum atomic E-state index is -4.77. The van der Waals surface area contributed by atoms with Gasteiger partial charge in [0.2, 0.25) is 5.82 Å². The number of nitrogens with zero attached hydrogens (tertiary/aromatic N) is 3. The van der Waals surface area contributed by atoms with Crippen LogP contribution in [0.1, 0.15) is 21.8 Å². The topological polar surface area (TPSA) is 70.2 Å². The van der Waals surface area contributed by atoms with Crippen molar-refractivity contribution in [3.8, 4) is 17.1 Å².